The minimum absolute atomic E-state index is 0. The average molecular weight is 211 g/mol. The van der Waals surface area contributed by atoms with E-state index in [0.717, 1.165) is 13.1 Å². The molecule has 0 aliphatic heterocycles. The SMILES string of the molecule is B.B.CCN(CC)c1ccccc1.N.N. The van der Waals surface area contributed by atoms with Crippen LogP contribution in [0.2, 0.25) is 0 Å². The maximum atomic E-state index is 2.33. The van der Waals surface area contributed by atoms with Crippen LogP contribution in [-0.4, -0.2) is 29.9 Å². The van der Waals surface area contributed by atoms with E-state index in [1.54, 1.807) is 0 Å². The van der Waals surface area contributed by atoms with E-state index in [9.17, 15) is 0 Å². The number of hydrogen-bond donors (Lipinski definition) is 2. The normalized spacial score (nSPS) is 7.07. The van der Waals surface area contributed by atoms with Crippen LogP contribution >= 0.6 is 0 Å². The van der Waals surface area contributed by atoms with Crippen LogP contribution in [0.25, 0.3) is 0 Å². The van der Waals surface area contributed by atoms with E-state index in [2.05, 4.69) is 43.0 Å². The van der Waals surface area contributed by atoms with Crippen LogP contribution < -0.4 is 17.2 Å². The zero-order chi connectivity index (χ0) is 8.10. The Balaban J connectivity index is -0.000000151. The van der Waals surface area contributed by atoms with Crippen molar-refractivity contribution in [3.8, 4) is 0 Å². The van der Waals surface area contributed by atoms with Gasteiger partial charge in [0.05, 0.1) is 16.8 Å². The minimum atomic E-state index is 0. The van der Waals surface area contributed by atoms with Gasteiger partial charge in [0, 0.05) is 18.8 Å². The van der Waals surface area contributed by atoms with E-state index in [1.807, 2.05) is 6.07 Å². The molecule has 0 saturated heterocycles. The highest BCUT2D eigenvalue weighted by Crippen LogP contribution is 2.11. The van der Waals surface area contributed by atoms with Crippen molar-refractivity contribution in [2.24, 2.45) is 0 Å². The third kappa shape index (κ3) is 7.05. The fourth-order valence-corrected chi connectivity index (χ4v) is 1.23. The van der Waals surface area contributed by atoms with Gasteiger partial charge in [0.1, 0.15) is 0 Å². The summed E-state index contributed by atoms with van der Waals surface area (Å²) in [7, 11) is 0. The van der Waals surface area contributed by atoms with Gasteiger partial charge >= 0.3 is 0 Å². The molecule has 0 fully saturated rings. The van der Waals surface area contributed by atoms with Crippen LogP contribution in [0.4, 0.5) is 5.69 Å². The Morgan fingerprint density at radius 2 is 1.27 bits per heavy atom. The lowest BCUT2D eigenvalue weighted by Crippen LogP contribution is -2.21. The molecule has 1 aromatic rings. The molecule has 0 saturated carbocycles. The van der Waals surface area contributed by atoms with Gasteiger partial charge in [-0.1, -0.05) is 18.2 Å². The van der Waals surface area contributed by atoms with Crippen molar-refractivity contribution in [3.05, 3.63) is 30.3 Å². The lowest BCUT2D eigenvalue weighted by molar-refractivity contribution is 0.866. The summed E-state index contributed by atoms with van der Waals surface area (Å²) in [4.78, 5) is 2.33. The Morgan fingerprint density at radius 3 is 1.60 bits per heavy atom. The summed E-state index contributed by atoms with van der Waals surface area (Å²) in [5.74, 6) is 0. The smallest absolute Gasteiger partial charge is 0.0814 e. The molecule has 0 bridgehead atoms. The molecule has 0 heterocycles. The zero-order valence-corrected chi connectivity index (χ0v) is 8.66. The van der Waals surface area contributed by atoms with Gasteiger partial charge in [0.25, 0.3) is 0 Å². The molecule has 0 unspecified atom stereocenters. The molecule has 1 aromatic carbocycles. The first-order valence-electron chi connectivity index (χ1n) is 4.18. The molecule has 0 aliphatic rings. The van der Waals surface area contributed by atoms with Crippen LogP contribution in [-0.2, 0) is 0 Å². The fraction of sp³-hybridized carbons (Fsp3) is 0.400. The van der Waals surface area contributed by atoms with Gasteiger partial charge in [0.2, 0.25) is 0 Å². The third-order valence-electron chi connectivity index (χ3n) is 1.88. The summed E-state index contributed by atoms with van der Waals surface area (Å²) >= 11 is 0. The monoisotopic (exact) mass is 211 g/mol. The predicted molar refractivity (Wildman–Crippen MR) is 79.9 cm³/mol. The van der Waals surface area contributed by atoms with Crippen molar-refractivity contribution in [1.29, 1.82) is 0 Å². The van der Waals surface area contributed by atoms with Crippen molar-refractivity contribution in [1.82, 2.24) is 12.3 Å². The van der Waals surface area contributed by atoms with E-state index in [-0.39, 0.29) is 29.1 Å². The zero-order valence-electron chi connectivity index (χ0n) is 8.66. The number of nitrogens with zero attached hydrogens (tertiary/aromatic N) is 1. The van der Waals surface area contributed by atoms with Crippen LogP contribution in [0, 0.1) is 0 Å². The Morgan fingerprint density at radius 1 is 0.867 bits per heavy atom. The molecule has 88 valence electrons. The van der Waals surface area contributed by atoms with Crippen molar-refractivity contribution >= 4 is 22.5 Å². The number of benzene rings is 1. The molecule has 0 atom stereocenters. The van der Waals surface area contributed by atoms with Gasteiger partial charge in [-0.25, -0.2) is 0 Å². The quantitative estimate of drug-likeness (QED) is 0.714. The summed E-state index contributed by atoms with van der Waals surface area (Å²) in [5, 5.41) is 0. The molecule has 0 aliphatic carbocycles. The topological polar surface area (TPSA) is 73.2 Å². The fourth-order valence-electron chi connectivity index (χ4n) is 1.23. The molecule has 0 radical (unpaired) electrons. The summed E-state index contributed by atoms with van der Waals surface area (Å²) < 4.78 is 0. The highest BCUT2D eigenvalue weighted by Gasteiger charge is 1.97. The largest absolute Gasteiger partial charge is 0.372 e. The summed E-state index contributed by atoms with van der Waals surface area (Å²) in [6, 6.07) is 10.5. The van der Waals surface area contributed by atoms with Gasteiger partial charge in [-0.15, -0.1) is 0 Å². The second-order valence-corrected chi connectivity index (χ2v) is 2.51. The average Bonchev–Trinajstić information content (AvgIpc) is 2.09. The van der Waals surface area contributed by atoms with Gasteiger partial charge in [0.15, 0.2) is 0 Å². The predicted octanol–water partition coefficient (Wildman–Crippen LogP) is 0.489. The highest BCUT2D eigenvalue weighted by atomic mass is 15.1. The van der Waals surface area contributed by atoms with Crippen LogP contribution in [0.15, 0.2) is 30.3 Å². The van der Waals surface area contributed by atoms with Crippen LogP contribution in [0.1, 0.15) is 13.8 Å². The molecular weight excluding hydrogens is 184 g/mol. The molecule has 0 spiro atoms. The van der Waals surface area contributed by atoms with Crippen molar-refractivity contribution in [2.75, 3.05) is 18.0 Å². The van der Waals surface area contributed by atoms with Crippen molar-refractivity contribution in [3.63, 3.8) is 0 Å². The number of para-hydroxylation sites is 1. The standard InChI is InChI=1S/C10H15N.2BH3.2H3N/c1-3-11(4-2)10-8-6-5-7-9-10;;;;/h5-9H,3-4H2,1-2H3;4*1H3. The number of hydrogen-bond acceptors (Lipinski definition) is 3. The molecule has 0 aromatic heterocycles. The number of anilines is 1. The Hall–Kier alpha value is -0.930. The second kappa shape index (κ2) is 13.1. The van der Waals surface area contributed by atoms with Gasteiger partial charge < -0.3 is 17.2 Å². The number of rotatable bonds is 3. The maximum Gasteiger partial charge on any atom is 0.0814 e. The maximum absolute atomic E-state index is 2.33. The van der Waals surface area contributed by atoms with E-state index < -0.39 is 0 Å². The lowest BCUT2D eigenvalue weighted by atomic mass is 10.3. The summed E-state index contributed by atoms with van der Waals surface area (Å²) in [6.45, 7) is 6.52. The molecule has 5 heteroatoms. The first-order valence-corrected chi connectivity index (χ1v) is 4.18. The highest BCUT2D eigenvalue weighted by molar-refractivity contribution is 5.76. The van der Waals surface area contributed by atoms with Crippen molar-refractivity contribution in [2.45, 2.75) is 13.8 Å². The summed E-state index contributed by atoms with van der Waals surface area (Å²) in [6.07, 6.45) is 0. The minimum Gasteiger partial charge on any atom is -0.372 e. The Kier molecular flexibility index (Phi) is 20.7. The van der Waals surface area contributed by atoms with Crippen LogP contribution in [0.5, 0.6) is 0 Å². The molecule has 3 nitrogen and oxygen atoms in total. The molecule has 6 N–H and O–H groups in total. The Bertz CT molecular complexity index is 203. The van der Waals surface area contributed by atoms with Crippen LogP contribution in [0.3, 0.4) is 0 Å². The van der Waals surface area contributed by atoms with Crippen molar-refractivity contribution < 1.29 is 0 Å². The van der Waals surface area contributed by atoms with Gasteiger partial charge in [-0.2, -0.15) is 0 Å². The third-order valence-corrected chi connectivity index (χ3v) is 1.88. The molecule has 0 amide bonds. The molecule has 1 rings (SSSR count). The lowest BCUT2D eigenvalue weighted by Gasteiger charge is -2.20. The Labute approximate surface area is 97.6 Å². The van der Waals surface area contributed by atoms with Gasteiger partial charge in [-0.05, 0) is 26.0 Å². The van der Waals surface area contributed by atoms with E-state index in [4.69, 9.17) is 0 Å². The van der Waals surface area contributed by atoms with E-state index in [0.29, 0.717) is 0 Å². The second-order valence-electron chi connectivity index (χ2n) is 2.51. The van der Waals surface area contributed by atoms with E-state index >= 15 is 0 Å². The van der Waals surface area contributed by atoms with Gasteiger partial charge in [-0.3, -0.25) is 0 Å². The summed E-state index contributed by atoms with van der Waals surface area (Å²) in [5.41, 5.74) is 1.32. The molecular formula is C10H27B2N3. The first-order chi connectivity index (χ1) is 5.38. The van der Waals surface area contributed by atoms with E-state index in [1.165, 1.54) is 5.69 Å². The first kappa shape index (κ1) is 23.7. The molecule has 15 heavy (non-hydrogen) atoms.